The van der Waals surface area contributed by atoms with Crippen LogP contribution in [0.15, 0.2) is 58.3 Å². The number of pyridine rings is 1. The van der Waals surface area contributed by atoms with Crippen LogP contribution in [0.4, 0.5) is 5.69 Å². The predicted molar refractivity (Wildman–Crippen MR) is 111 cm³/mol. The molecule has 7 heteroatoms. The van der Waals surface area contributed by atoms with Crippen molar-refractivity contribution in [2.24, 2.45) is 11.7 Å². The fourth-order valence-electron chi connectivity index (χ4n) is 2.97. The van der Waals surface area contributed by atoms with Crippen LogP contribution in [0.5, 0.6) is 0 Å². The zero-order valence-electron chi connectivity index (χ0n) is 15.0. The van der Waals surface area contributed by atoms with Crippen molar-refractivity contribution in [3.63, 3.8) is 0 Å². The first-order valence-electron chi connectivity index (χ1n) is 8.40. The zero-order valence-corrected chi connectivity index (χ0v) is 17.3. The van der Waals surface area contributed by atoms with E-state index < -0.39 is 5.66 Å². The van der Waals surface area contributed by atoms with Gasteiger partial charge < -0.3 is 16.0 Å². The number of allylic oxidation sites excluding steroid dienone is 1. The van der Waals surface area contributed by atoms with Gasteiger partial charge in [0.05, 0.1) is 0 Å². The standard InChI is InChI=1S/C19H22Cl2N4S/c1-12(2)17-18(26-16-9-13(20)8-14(21)10-16)25(19(3,11-22)24-17)15-4-6-23-7-5-15/h4-10,12,24H,11,22H2,1-3H3. The van der Waals surface area contributed by atoms with Gasteiger partial charge in [-0.2, -0.15) is 0 Å². The van der Waals surface area contributed by atoms with Crippen molar-refractivity contribution in [2.75, 3.05) is 11.4 Å². The molecule has 1 aromatic heterocycles. The van der Waals surface area contributed by atoms with Gasteiger partial charge in [0.1, 0.15) is 10.7 Å². The van der Waals surface area contributed by atoms with E-state index in [0.29, 0.717) is 22.5 Å². The van der Waals surface area contributed by atoms with Crippen molar-refractivity contribution in [1.29, 1.82) is 0 Å². The SMILES string of the molecule is CC(C)C1=C(Sc2cc(Cl)cc(Cl)c2)N(c2ccncc2)C(C)(CN)N1. The van der Waals surface area contributed by atoms with Gasteiger partial charge in [0.2, 0.25) is 0 Å². The van der Waals surface area contributed by atoms with Gasteiger partial charge in [-0.25, -0.2) is 0 Å². The van der Waals surface area contributed by atoms with Gasteiger partial charge in [0.15, 0.2) is 0 Å². The fourth-order valence-corrected chi connectivity index (χ4v) is 5.02. The molecule has 138 valence electrons. The van der Waals surface area contributed by atoms with Gasteiger partial charge in [0.25, 0.3) is 0 Å². The molecule has 1 aliphatic rings. The van der Waals surface area contributed by atoms with Crippen LogP contribution < -0.4 is 16.0 Å². The third kappa shape index (κ3) is 3.81. The molecular formula is C19H22Cl2N4S. The van der Waals surface area contributed by atoms with Gasteiger partial charge in [-0.15, -0.1) is 0 Å². The Kier molecular flexibility index (Phi) is 5.72. The van der Waals surface area contributed by atoms with E-state index in [2.05, 4.69) is 36.0 Å². The third-order valence-electron chi connectivity index (χ3n) is 4.28. The van der Waals surface area contributed by atoms with Crippen molar-refractivity contribution in [3.05, 3.63) is 63.5 Å². The summed E-state index contributed by atoms with van der Waals surface area (Å²) in [7, 11) is 0. The Balaban J connectivity index is 2.10. The Hall–Kier alpha value is -1.40. The molecule has 0 saturated carbocycles. The number of aromatic nitrogens is 1. The Morgan fingerprint density at radius 2 is 1.81 bits per heavy atom. The molecule has 26 heavy (non-hydrogen) atoms. The number of hydrogen-bond acceptors (Lipinski definition) is 5. The molecule has 0 spiro atoms. The number of halogens is 2. The largest absolute Gasteiger partial charge is 0.363 e. The van der Waals surface area contributed by atoms with Crippen LogP contribution in [0, 0.1) is 5.92 Å². The molecule has 1 unspecified atom stereocenters. The molecule has 2 heterocycles. The first kappa shape index (κ1) is 19.4. The summed E-state index contributed by atoms with van der Waals surface area (Å²) in [6.45, 7) is 6.89. The molecule has 0 bridgehead atoms. The molecule has 0 fully saturated rings. The quantitative estimate of drug-likeness (QED) is 0.721. The van der Waals surface area contributed by atoms with E-state index in [1.54, 1.807) is 30.2 Å². The lowest BCUT2D eigenvalue weighted by atomic mass is 10.1. The Morgan fingerprint density at radius 1 is 1.19 bits per heavy atom. The molecule has 3 rings (SSSR count). The van der Waals surface area contributed by atoms with Crippen molar-refractivity contribution >= 4 is 40.7 Å². The summed E-state index contributed by atoms with van der Waals surface area (Å²) < 4.78 is 0. The summed E-state index contributed by atoms with van der Waals surface area (Å²) in [6.07, 6.45) is 3.58. The number of benzene rings is 1. The second-order valence-corrected chi connectivity index (χ2v) is 8.66. The highest BCUT2D eigenvalue weighted by Gasteiger charge is 2.42. The second-order valence-electron chi connectivity index (χ2n) is 6.72. The monoisotopic (exact) mass is 408 g/mol. The number of anilines is 1. The minimum atomic E-state index is -0.425. The Labute approximate surface area is 168 Å². The second kappa shape index (κ2) is 7.69. The predicted octanol–water partition coefficient (Wildman–Crippen LogP) is 5.09. The van der Waals surface area contributed by atoms with Crippen LogP contribution in [0.2, 0.25) is 10.0 Å². The minimum Gasteiger partial charge on any atom is -0.363 e. The van der Waals surface area contributed by atoms with Gasteiger partial charge in [0, 0.05) is 45.3 Å². The lowest BCUT2D eigenvalue weighted by Crippen LogP contribution is -2.56. The van der Waals surface area contributed by atoms with Crippen LogP contribution in [-0.2, 0) is 0 Å². The molecule has 1 atom stereocenters. The summed E-state index contributed by atoms with van der Waals surface area (Å²) in [6, 6.07) is 9.56. The van der Waals surface area contributed by atoms with Crippen molar-refractivity contribution in [1.82, 2.24) is 10.3 Å². The molecule has 0 radical (unpaired) electrons. The molecule has 3 N–H and O–H groups in total. The van der Waals surface area contributed by atoms with Crippen molar-refractivity contribution in [2.45, 2.75) is 31.3 Å². The number of nitrogens with zero attached hydrogens (tertiary/aromatic N) is 2. The van der Waals surface area contributed by atoms with Crippen molar-refractivity contribution in [3.8, 4) is 0 Å². The number of nitrogens with two attached hydrogens (primary N) is 1. The summed E-state index contributed by atoms with van der Waals surface area (Å²) in [5.41, 5.74) is 7.92. The van der Waals surface area contributed by atoms with Crippen LogP contribution in [0.1, 0.15) is 20.8 Å². The number of hydrogen-bond donors (Lipinski definition) is 2. The molecule has 1 aliphatic heterocycles. The maximum absolute atomic E-state index is 6.20. The molecule has 2 aromatic rings. The first-order chi connectivity index (χ1) is 12.3. The smallest absolute Gasteiger partial charge is 0.125 e. The third-order valence-corrected chi connectivity index (χ3v) is 5.78. The fraction of sp³-hybridized carbons (Fsp3) is 0.316. The van der Waals surface area contributed by atoms with Crippen LogP contribution >= 0.6 is 35.0 Å². The van der Waals surface area contributed by atoms with E-state index in [9.17, 15) is 0 Å². The van der Waals surface area contributed by atoms with E-state index in [0.717, 1.165) is 21.3 Å². The summed E-state index contributed by atoms with van der Waals surface area (Å²) >= 11 is 14.0. The van der Waals surface area contributed by atoms with E-state index in [1.807, 2.05) is 24.3 Å². The van der Waals surface area contributed by atoms with Crippen LogP contribution in [0.3, 0.4) is 0 Å². The highest BCUT2D eigenvalue weighted by molar-refractivity contribution is 8.03. The molecule has 4 nitrogen and oxygen atoms in total. The Morgan fingerprint density at radius 3 is 2.35 bits per heavy atom. The maximum Gasteiger partial charge on any atom is 0.125 e. The summed E-state index contributed by atoms with van der Waals surface area (Å²) in [5.74, 6) is 0.310. The topological polar surface area (TPSA) is 54.2 Å². The van der Waals surface area contributed by atoms with Gasteiger partial charge in [-0.05, 0) is 43.2 Å². The van der Waals surface area contributed by atoms with Gasteiger partial charge in [-0.3, -0.25) is 4.98 Å². The molecule has 0 aliphatic carbocycles. The lowest BCUT2D eigenvalue weighted by Gasteiger charge is -2.37. The average Bonchev–Trinajstić information content (AvgIpc) is 2.88. The number of rotatable bonds is 5. The normalized spacial score (nSPS) is 20.0. The molecular weight excluding hydrogens is 387 g/mol. The maximum atomic E-state index is 6.20. The highest BCUT2D eigenvalue weighted by atomic mass is 35.5. The summed E-state index contributed by atoms with van der Waals surface area (Å²) in [4.78, 5) is 7.36. The first-order valence-corrected chi connectivity index (χ1v) is 9.98. The zero-order chi connectivity index (χ0) is 18.9. The van der Waals surface area contributed by atoms with E-state index >= 15 is 0 Å². The number of nitrogens with one attached hydrogen (secondary N) is 1. The Bertz CT molecular complexity index is 805. The van der Waals surface area contributed by atoms with Crippen molar-refractivity contribution < 1.29 is 0 Å². The molecule has 1 aromatic carbocycles. The van der Waals surface area contributed by atoms with Crippen LogP contribution in [-0.4, -0.2) is 17.2 Å². The van der Waals surface area contributed by atoms with Gasteiger partial charge >= 0.3 is 0 Å². The van der Waals surface area contributed by atoms with Crippen LogP contribution in [0.25, 0.3) is 0 Å². The van der Waals surface area contributed by atoms with E-state index in [1.165, 1.54) is 0 Å². The average molecular weight is 409 g/mol. The molecule has 0 saturated heterocycles. The van der Waals surface area contributed by atoms with E-state index in [4.69, 9.17) is 28.9 Å². The lowest BCUT2D eigenvalue weighted by molar-refractivity contribution is 0.418. The van der Waals surface area contributed by atoms with Gasteiger partial charge in [-0.1, -0.05) is 48.8 Å². The highest BCUT2D eigenvalue weighted by Crippen LogP contribution is 2.44. The molecule has 0 amide bonds. The van der Waals surface area contributed by atoms with E-state index in [-0.39, 0.29) is 0 Å². The number of thioether (sulfide) groups is 1. The minimum absolute atomic E-state index is 0.310. The summed E-state index contributed by atoms with van der Waals surface area (Å²) in [5, 5.41) is 5.97.